The highest BCUT2D eigenvalue weighted by Gasteiger charge is 2.04. The van der Waals surface area contributed by atoms with Crippen molar-refractivity contribution in [1.82, 2.24) is 0 Å². The van der Waals surface area contributed by atoms with Gasteiger partial charge in [0, 0.05) is 12.1 Å². The molecule has 0 atom stereocenters. The Balaban J connectivity index is 1.61. The van der Waals surface area contributed by atoms with Crippen molar-refractivity contribution in [3.05, 3.63) is 84.4 Å². The van der Waals surface area contributed by atoms with Crippen LogP contribution in [0.25, 0.3) is 0 Å². The number of hydrogen-bond donors (Lipinski definition) is 1. The fourth-order valence-electron chi connectivity index (χ4n) is 2.62. The predicted molar refractivity (Wildman–Crippen MR) is 121 cm³/mol. The molecular weight excluding hydrogens is 408 g/mol. The largest absolute Gasteiger partial charge is 0.505 e. The molecule has 0 radical (unpaired) electrons. The number of nitrogens with zero attached hydrogens (tertiary/aromatic N) is 4. The lowest BCUT2D eigenvalue weighted by Crippen LogP contribution is -2.07. The van der Waals surface area contributed by atoms with Crippen molar-refractivity contribution in [2.75, 3.05) is 6.79 Å². The first-order valence-corrected chi connectivity index (χ1v) is 9.70. The second kappa shape index (κ2) is 10.6. The lowest BCUT2D eigenvalue weighted by atomic mass is 10.1. The molecule has 3 aromatic carbocycles. The van der Waals surface area contributed by atoms with Gasteiger partial charge in [0.15, 0.2) is 0 Å². The summed E-state index contributed by atoms with van der Waals surface area (Å²) in [7, 11) is 0. The van der Waals surface area contributed by atoms with E-state index in [2.05, 4.69) is 33.1 Å². The number of phenols is 1. The minimum Gasteiger partial charge on any atom is -0.505 e. The van der Waals surface area contributed by atoms with Gasteiger partial charge in [0.1, 0.15) is 17.2 Å². The average molecular weight is 430 g/mol. The number of carbonyl (C=O) groups is 1. The molecular formula is C24H22N4O4. The molecule has 3 aromatic rings. The average Bonchev–Trinajstić information content (AvgIpc) is 2.78. The molecule has 8 heteroatoms. The first kappa shape index (κ1) is 22.4. The van der Waals surface area contributed by atoms with Gasteiger partial charge in [0.05, 0.1) is 17.1 Å². The summed E-state index contributed by atoms with van der Waals surface area (Å²) >= 11 is 0. The van der Waals surface area contributed by atoms with Crippen LogP contribution in [0.2, 0.25) is 0 Å². The van der Waals surface area contributed by atoms with Gasteiger partial charge in [0.2, 0.25) is 6.79 Å². The molecule has 0 spiro atoms. The molecule has 0 aromatic heterocycles. The molecule has 32 heavy (non-hydrogen) atoms. The maximum absolute atomic E-state index is 11.0. The maximum atomic E-state index is 11.0. The highest BCUT2D eigenvalue weighted by atomic mass is 16.7. The van der Waals surface area contributed by atoms with Crippen molar-refractivity contribution in [2.45, 2.75) is 13.8 Å². The van der Waals surface area contributed by atoms with E-state index in [1.807, 2.05) is 26.0 Å². The third-order valence-electron chi connectivity index (χ3n) is 4.29. The van der Waals surface area contributed by atoms with Crippen molar-refractivity contribution in [3.63, 3.8) is 0 Å². The lowest BCUT2D eigenvalue weighted by Gasteiger charge is -2.07. The summed E-state index contributed by atoms with van der Waals surface area (Å²) in [6.07, 6.45) is 1.03. The van der Waals surface area contributed by atoms with Gasteiger partial charge in [-0.2, -0.15) is 15.3 Å². The first-order chi connectivity index (χ1) is 15.4. The Bertz CT molecular complexity index is 1170. The fourth-order valence-corrected chi connectivity index (χ4v) is 2.62. The van der Waals surface area contributed by atoms with Crippen LogP contribution < -0.4 is 4.74 Å². The van der Waals surface area contributed by atoms with Crippen molar-refractivity contribution in [2.24, 2.45) is 20.5 Å². The Morgan fingerprint density at radius 2 is 1.53 bits per heavy atom. The Morgan fingerprint density at radius 3 is 2.12 bits per heavy atom. The van der Waals surface area contributed by atoms with E-state index in [0.717, 1.165) is 17.3 Å². The number of azo groups is 2. The Labute approximate surface area is 185 Å². The van der Waals surface area contributed by atoms with Gasteiger partial charge in [0.25, 0.3) is 0 Å². The number of phenolic OH excluding ortho intramolecular Hbond substituents is 1. The highest BCUT2D eigenvalue weighted by molar-refractivity contribution is 5.81. The van der Waals surface area contributed by atoms with Gasteiger partial charge in [-0.25, -0.2) is 4.79 Å². The lowest BCUT2D eigenvalue weighted by molar-refractivity contribution is -0.144. The third-order valence-corrected chi connectivity index (χ3v) is 4.29. The summed E-state index contributed by atoms with van der Waals surface area (Å²) in [4.78, 5) is 11.0. The standard InChI is InChI=1S/C24H22N4O4/c1-4-24(30)32-15-31-20-10-12-22(23(29)14-20)28-26-19-8-6-18(7-9-19)25-27-21-11-5-16(2)13-17(21)3/h4-14,29H,1,15H2,2-3H3. The summed E-state index contributed by atoms with van der Waals surface area (Å²) in [5.74, 6) is -0.408. The van der Waals surface area contributed by atoms with Crippen molar-refractivity contribution >= 4 is 28.7 Å². The van der Waals surface area contributed by atoms with Crippen LogP contribution in [0.1, 0.15) is 11.1 Å². The van der Waals surface area contributed by atoms with E-state index in [0.29, 0.717) is 17.1 Å². The van der Waals surface area contributed by atoms with Gasteiger partial charge in [-0.15, -0.1) is 5.11 Å². The van der Waals surface area contributed by atoms with Crippen LogP contribution in [0.15, 0.2) is 93.8 Å². The number of ether oxygens (including phenoxy) is 2. The molecule has 0 aliphatic carbocycles. The van der Waals surface area contributed by atoms with E-state index in [9.17, 15) is 9.90 Å². The SMILES string of the molecule is C=CC(=O)OCOc1ccc(N=Nc2ccc(N=Nc3ccc(C)cc3C)cc2)c(O)c1. The molecule has 0 heterocycles. The number of hydrogen-bond acceptors (Lipinski definition) is 8. The quantitative estimate of drug-likeness (QED) is 0.181. The molecule has 0 amide bonds. The molecule has 0 fully saturated rings. The number of carbonyl (C=O) groups excluding carboxylic acids is 1. The van der Waals surface area contributed by atoms with E-state index in [1.165, 1.54) is 17.7 Å². The van der Waals surface area contributed by atoms with Crippen LogP contribution in [-0.2, 0) is 9.53 Å². The van der Waals surface area contributed by atoms with Crippen molar-refractivity contribution in [3.8, 4) is 11.5 Å². The Kier molecular flexibility index (Phi) is 7.42. The summed E-state index contributed by atoms with van der Waals surface area (Å²) < 4.78 is 9.93. The molecule has 0 aliphatic heterocycles. The molecule has 162 valence electrons. The predicted octanol–water partition coefficient (Wildman–Crippen LogP) is 6.91. The summed E-state index contributed by atoms with van der Waals surface area (Å²) in [6, 6.07) is 17.5. The van der Waals surface area contributed by atoms with Crippen molar-refractivity contribution in [1.29, 1.82) is 0 Å². The second-order valence-electron chi connectivity index (χ2n) is 6.79. The first-order valence-electron chi connectivity index (χ1n) is 9.70. The number of rotatable bonds is 8. The van der Waals surface area contributed by atoms with Gasteiger partial charge < -0.3 is 14.6 Å². The highest BCUT2D eigenvalue weighted by Crippen LogP contribution is 2.32. The van der Waals surface area contributed by atoms with Crippen LogP contribution in [-0.4, -0.2) is 17.9 Å². The minimum absolute atomic E-state index is 0.125. The zero-order chi connectivity index (χ0) is 22.9. The second-order valence-corrected chi connectivity index (χ2v) is 6.79. The number of aromatic hydroxyl groups is 1. The van der Waals surface area contributed by atoms with Gasteiger partial charge in [-0.3, -0.25) is 0 Å². The fraction of sp³-hybridized carbons (Fsp3) is 0.125. The van der Waals surface area contributed by atoms with E-state index in [1.54, 1.807) is 30.3 Å². The summed E-state index contributed by atoms with van der Waals surface area (Å²) in [5, 5.41) is 26.8. The van der Waals surface area contributed by atoms with E-state index in [4.69, 9.17) is 9.47 Å². The zero-order valence-electron chi connectivity index (χ0n) is 17.7. The van der Waals surface area contributed by atoms with Gasteiger partial charge in [-0.05, 0) is 61.9 Å². The minimum atomic E-state index is -0.600. The number of benzene rings is 3. The van der Waals surface area contributed by atoms with E-state index in [-0.39, 0.29) is 18.2 Å². The van der Waals surface area contributed by atoms with Crippen LogP contribution in [0.3, 0.4) is 0 Å². The van der Waals surface area contributed by atoms with E-state index < -0.39 is 5.97 Å². The van der Waals surface area contributed by atoms with E-state index >= 15 is 0 Å². The topological polar surface area (TPSA) is 105 Å². The van der Waals surface area contributed by atoms with Crippen LogP contribution >= 0.6 is 0 Å². The molecule has 0 aliphatic rings. The molecule has 0 saturated heterocycles. The number of aryl methyl sites for hydroxylation is 2. The maximum Gasteiger partial charge on any atom is 0.333 e. The van der Waals surface area contributed by atoms with Crippen molar-refractivity contribution < 1.29 is 19.4 Å². The molecule has 0 saturated carbocycles. The van der Waals surface area contributed by atoms with Gasteiger partial charge >= 0.3 is 5.97 Å². The summed E-state index contributed by atoms with van der Waals surface area (Å²) in [6.45, 7) is 7.02. The normalized spacial score (nSPS) is 11.1. The van der Waals surface area contributed by atoms with Gasteiger partial charge in [-0.1, -0.05) is 24.3 Å². The molecule has 3 rings (SSSR count). The molecule has 0 bridgehead atoms. The van der Waals surface area contributed by atoms with Crippen LogP contribution in [0.4, 0.5) is 22.7 Å². The molecule has 0 unspecified atom stereocenters. The van der Waals surface area contributed by atoms with Crippen LogP contribution in [0.5, 0.6) is 11.5 Å². The zero-order valence-corrected chi connectivity index (χ0v) is 17.7. The van der Waals surface area contributed by atoms with Crippen LogP contribution in [0, 0.1) is 13.8 Å². The molecule has 8 nitrogen and oxygen atoms in total. The monoisotopic (exact) mass is 430 g/mol. The Morgan fingerprint density at radius 1 is 0.906 bits per heavy atom. The smallest absolute Gasteiger partial charge is 0.333 e. The molecule has 1 N–H and O–H groups in total. The third kappa shape index (κ3) is 6.33. The number of esters is 1. The Hall–Kier alpha value is -4.33. The summed E-state index contributed by atoms with van der Waals surface area (Å²) in [5.41, 5.74) is 4.60.